The molecule has 0 rings (SSSR count). The second-order valence-electron chi connectivity index (χ2n) is 0.490. The van der Waals surface area contributed by atoms with Gasteiger partial charge in [-0.3, -0.25) is 0 Å². The van der Waals surface area contributed by atoms with Crippen LogP contribution >= 0.6 is 0 Å². The molecular weight excluding hydrogens is 219 g/mol. The quantitative estimate of drug-likeness (QED) is 0.350. The maximum atomic E-state index is 7.38. The molecule has 0 fully saturated rings. The summed E-state index contributed by atoms with van der Waals surface area (Å²) in [7, 11) is 0. The number of hydrogen-bond donors (Lipinski definition) is 4. The van der Waals surface area contributed by atoms with Crippen molar-refractivity contribution in [1.29, 1.82) is 0 Å². The molecule has 0 aromatic carbocycles. The van der Waals surface area contributed by atoms with Crippen molar-refractivity contribution >= 4 is 0 Å². The van der Waals surface area contributed by atoms with Crippen molar-refractivity contribution in [2.75, 3.05) is 0 Å². The Kier molecular flexibility index (Phi) is 5.21. The van der Waals surface area contributed by atoms with Gasteiger partial charge in [-0.25, -0.2) is 0 Å². The molecular formula is H4CoMoO4. The molecule has 0 aliphatic heterocycles. The third-order valence-corrected chi connectivity index (χ3v) is 0. The van der Waals surface area contributed by atoms with Crippen LogP contribution in [0.15, 0.2) is 0 Å². The van der Waals surface area contributed by atoms with Crippen molar-refractivity contribution in [3.05, 3.63) is 0 Å². The van der Waals surface area contributed by atoms with Gasteiger partial charge in [0, 0.05) is 16.8 Å². The molecule has 0 heterocycles. The van der Waals surface area contributed by atoms with E-state index in [2.05, 4.69) is 0 Å². The predicted molar refractivity (Wildman–Crippen MR) is 8.88 cm³/mol. The SMILES string of the molecule is [Co].[OH][Mo]([OH])([OH])[OH]. The van der Waals surface area contributed by atoms with E-state index >= 15 is 0 Å². The normalized spacial score (nSPS) is 12.7. The summed E-state index contributed by atoms with van der Waals surface area (Å²) in [4.78, 5) is 0. The second kappa shape index (κ2) is 3.09. The van der Waals surface area contributed by atoms with E-state index in [4.69, 9.17) is 15.0 Å². The van der Waals surface area contributed by atoms with Gasteiger partial charge in [0.1, 0.15) is 0 Å². The molecule has 1 radical (unpaired) electrons. The van der Waals surface area contributed by atoms with Gasteiger partial charge in [-0.15, -0.1) is 0 Å². The van der Waals surface area contributed by atoms with Gasteiger partial charge in [-0.05, 0) is 0 Å². The molecule has 6 heteroatoms. The molecule has 0 atom stereocenters. The van der Waals surface area contributed by atoms with Crippen LogP contribution in [0.1, 0.15) is 0 Å². The van der Waals surface area contributed by atoms with Crippen molar-refractivity contribution in [3.63, 3.8) is 0 Å². The first-order valence-electron chi connectivity index (χ1n) is 0.730. The molecule has 43 valence electrons. The first-order valence-corrected chi connectivity index (χ1v) is 4.32. The Morgan fingerprint density at radius 3 is 0.833 bits per heavy atom. The summed E-state index contributed by atoms with van der Waals surface area (Å²) in [5.74, 6) is 0. The Labute approximate surface area is 49.6 Å². The molecule has 0 amide bonds. The summed E-state index contributed by atoms with van der Waals surface area (Å²) < 4.78 is 29.5. The summed E-state index contributed by atoms with van der Waals surface area (Å²) in [5, 5.41) is 0. The molecule has 0 spiro atoms. The van der Waals surface area contributed by atoms with Gasteiger partial charge >= 0.3 is 32.6 Å². The van der Waals surface area contributed by atoms with Crippen molar-refractivity contribution in [2.45, 2.75) is 0 Å². The molecule has 0 saturated carbocycles. The van der Waals surface area contributed by atoms with Gasteiger partial charge in [0.25, 0.3) is 0 Å². The Balaban J connectivity index is 0. The topological polar surface area (TPSA) is 80.9 Å². The average Bonchev–Trinajstić information content (AvgIpc) is 0.722. The van der Waals surface area contributed by atoms with Crippen molar-refractivity contribution in [3.8, 4) is 0 Å². The van der Waals surface area contributed by atoms with Crippen LogP contribution in [0.4, 0.5) is 0 Å². The Bertz CT molecular complexity index is 23.0. The number of rotatable bonds is 0. The van der Waals surface area contributed by atoms with Crippen molar-refractivity contribution in [1.82, 2.24) is 0 Å². The molecule has 0 aromatic heterocycles. The van der Waals surface area contributed by atoms with Crippen LogP contribution in [-0.2, 0) is 34.4 Å². The van der Waals surface area contributed by atoms with E-state index in [-0.39, 0.29) is 16.8 Å². The zero-order valence-electron chi connectivity index (χ0n) is 2.53. The van der Waals surface area contributed by atoms with E-state index in [1.54, 1.807) is 0 Å². The van der Waals surface area contributed by atoms with Crippen LogP contribution in [0.2, 0.25) is 0 Å². The first kappa shape index (κ1) is 10.1. The third-order valence-electron chi connectivity index (χ3n) is 0. The first-order chi connectivity index (χ1) is 2.00. The molecule has 0 unspecified atom stereocenters. The van der Waals surface area contributed by atoms with Gasteiger partial charge in [-0.1, -0.05) is 0 Å². The number of hydrogen-bond acceptors (Lipinski definition) is 4. The molecule has 4 nitrogen and oxygen atoms in total. The molecule has 0 bridgehead atoms. The van der Waals surface area contributed by atoms with E-state index in [0.717, 1.165) is 0 Å². The van der Waals surface area contributed by atoms with Gasteiger partial charge < -0.3 is 0 Å². The zero-order chi connectivity index (χ0) is 4.50. The van der Waals surface area contributed by atoms with E-state index < -0.39 is 17.6 Å². The van der Waals surface area contributed by atoms with Gasteiger partial charge in [0.15, 0.2) is 0 Å². The maximum absolute atomic E-state index is 7.38. The van der Waals surface area contributed by atoms with Crippen LogP contribution in [0.3, 0.4) is 0 Å². The van der Waals surface area contributed by atoms with Crippen LogP contribution in [0.5, 0.6) is 0 Å². The molecule has 0 aliphatic carbocycles. The van der Waals surface area contributed by atoms with Gasteiger partial charge in [0.05, 0.1) is 0 Å². The van der Waals surface area contributed by atoms with E-state index in [1.165, 1.54) is 0 Å². The van der Waals surface area contributed by atoms with Crippen LogP contribution < -0.4 is 0 Å². The van der Waals surface area contributed by atoms with E-state index in [1.807, 2.05) is 0 Å². The molecule has 6 heavy (non-hydrogen) atoms. The predicted octanol–water partition coefficient (Wildman–Crippen LogP) is -2.23. The summed E-state index contributed by atoms with van der Waals surface area (Å²) in [5.41, 5.74) is 0. The Hall–Kier alpha value is 1.03. The Morgan fingerprint density at radius 2 is 0.833 bits per heavy atom. The average molecular weight is 223 g/mol. The standard InChI is InChI=1S/Co.Mo.4H2O/h;;4*1H2/q;+4;;;;/p-4. The monoisotopic (exact) mass is 225 g/mol. The molecule has 0 aliphatic rings. The van der Waals surface area contributed by atoms with Crippen LogP contribution in [0.25, 0.3) is 0 Å². The fourth-order valence-electron chi connectivity index (χ4n) is 0. The summed E-state index contributed by atoms with van der Waals surface area (Å²) in [6.07, 6.45) is 0. The summed E-state index contributed by atoms with van der Waals surface area (Å²) in [6, 6.07) is 0. The fraction of sp³-hybridized carbons (Fsp3) is 0. The zero-order valence-corrected chi connectivity index (χ0v) is 5.58. The van der Waals surface area contributed by atoms with Gasteiger partial charge in [-0.2, -0.15) is 0 Å². The second-order valence-corrected chi connectivity index (χ2v) is 2.90. The minimum absolute atomic E-state index is 0. The Morgan fingerprint density at radius 1 is 0.833 bits per heavy atom. The minimum atomic E-state index is -5.02. The summed E-state index contributed by atoms with van der Waals surface area (Å²) in [6.45, 7) is 0. The summed E-state index contributed by atoms with van der Waals surface area (Å²) >= 11 is -5.02. The molecule has 0 saturated heterocycles. The van der Waals surface area contributed by atoms with Crippen LogP contribution in [-0.4, -0.2) is 15.0 Å². The fourth-order valence-corrected chi connectivity index (χ4v) is 0. The van der Waals surface area contributed by atoms with E-state index in [0.29, 0.717) is 0 Å². The molecule has 4 N–H and O–H groups in total. The van der Waals surface area contributed by atoms with Crippen molar-refractivity contribution < 1.29 is 49.4 Å². The van der Waals surface area contributed by atoms with Gasteiger partial charge in [0.2, 0.25) is 0 Å². The third kappa shape index (κ3) is 76.5. The molecule has 0 aromatic rings. The van der Waals surface area contributed by atoms with Crippen molar-refractivity contribution in [2.24, 2.45) is 0 Å². The van der Waals surface area contributed by atoms with E-state index in [9.17, 15) is 0 Å². The van der Waals surface area contributed by atoms with Crippen LogP contribution in [0, 0.1) is 0 Å².